The number of nitrogens with zero attached hydrogens (tertiary/aromatic N) is 1. The van der Waals surface area contributed by atoms with Crippen LogP contribution in [0.2, 0.25) is 0 Å². The second-order valence-electron chi connectivity index (χ2n) is 4.39. The van der Waals surface area contributed by atoms with Crippen LogP contribution in [-0.2, 0) is 6.54 Å². The molecule has 2 N–H and O–H groups in total. The van der Waals surface area contributed by atoms with Gasteiger partial charge in [0.1, 0.15) is 5.75 Å². The molecule has 0 amide bonds. The van der Waals surface area contributed by atoms with E-state index in [9.17, 15) is 0 Å². The summed E-state index contributed by atoms with van der Waals surface area (Å²) in [5, 5.41) is 12.4. The van der Waals surface area contributed by atoms with E-state index >= 15 is 0 Å². The molecule has 3 aromatic rings. The van der Waals surface area contributed by atoms with Crippen LogP contribution in [0.1, 0.15) is 5.56 Å². The number of H-pyrrole nitrogens is 1. The Morgan fingerprint density at radius 3 is 2.79 bits per heavy atom. The maximum atomic E-state index is 5.23. The van der Waals surface area contributed by atoms with Gasteiger partial charge in [0.15, 0.2) is 0 Å². The van der Waals surface area contributed by atoms with Crippen LogP contribution in [0.5, 0.6) is 5.75 Å². The molecule has 0 fully saturated rings. The maximum absolute atomic E-state index is 5.23. The van der Waals surface area contributed by atoms with E-state index in [-0.39, 0.29) is 0 Å². The average molecular weight is 253 g/mol. The first-order valence-electron chi connectivity index (χ1n) is 6.14. The van der Waals surface area contributed by atoms with Gasteiger partial charge < -0.3 is 10.1 Å². The van der Waals surface area contributed by atoms with Gasteiger partial charge in [0.2, 0.25) is 0 Å². The van der Waals surface area contributed by atoms with Gasteiger partial charge in [-0.1, -0.05) is 18.2 Å². The Morgan fingerprint density at radius 2 is 2.00 bits per heavy atom. The molecule has 3 rings (SSSR count). The summed E-state index contributed by atoms with van der Waals surface area (Å²) in [6.07, 6.45) is 3.61. The SMILES string of the molecule is COc1ccc2cc(CNc3cn[nH]c3)ccc2c1. The van der Waals surface area contributed by atoms with Crippen LogP contribution < -0.4 is 10.1 Å². The lowest BCUT2D eigenvalue weighted by atomic mass is 10.1. The Labute approximate surface area is 111 Å². The number of aromatic amines is 1. The Kier molecular flexibility index (Phi) is 3.06. The number of ether oxygens (including phenoxy) is 1. The second-order valence-corrected chi connectivity index (χ2v) is 4.39. The highest BCUT2D eigenvalue weighted by atomic mass is 16.5. The van der Waals surface area contributed by atoms with Gasteiger partial charge in [0, 0.05) is 12.7 Å². The van der Waals surface area contributed by atoms with E-state index in [0.717, 1.165) is 18.0 Å². The molecule has 0 bridgehead atoms. The van der Waals surface area contributed by atoms with Crippen LogP contribution in [0.3, 0.4) is 0 Å². The van der Waals surface area contributed by atoms with Crippen molar-refractivity contribution in [3.05, 3.63) is 54.4 Å². The number of hydrogen-bond acceptors (Lipinski definition) is 3. The van der Waals surface area contributed by atoms with Gasteiger partial charge in [-0.05, 0) is 34.5 Å². The number of hydrogen-bond donors (Lipinski definition) is 2. The van der Waals surface area contributed by atoms with Crippen LogP contribution in [0.25, 0.3) is 10.8 Å². The number of nitrogens with one attached hydrogen (secondary N) is 2. The molecule has 0 radical (unpaired) electrons. The van der Waals surface area contributed by atoms with E-state index < -0.39 is 0 Å². The van der Waals surface area contributed by atoms with Crippen LogP contribution in [0.4, 0.5) is 5.69 Å². The third kappa shape index (κ3) is 2.52. The molecule has 0 aliphatic rings. The summed E-state index contributed by atoms with van der Waals surface area (Å²) in [7, 11) is 1.68. The van der Waals surface area contributed by atoms with Crippen molar-refractivity contribution in [1.29, 1.82) is 0 Å². The number of methoxy groups -OCH3 is 1. The molecule has 19 heavy (non-hydrogen) atoms. The largest absolute Gasteiger partial charge is 0.497 e. The van der Waals surface area contributed by atoms with Crippen molar-refractivity contribution in [2.75, 3.05) is 12.4 Å². The first kappa shape index (κ1) is 11.6. The van der Waals surface area contributed by atoms with E-state index in [1.165, 1.54) is 16.3 Å². The van der Waals surface area contributed by atoms with Crippen molar-refractivity contribution < 1.29 is 4.74 Å². The first-order chi connectivity index (χ1) is 9.35. The summed E-state index contributed by atoms with van der Waals surface area (Å²) in [4.78, 5) is 0. The molecule has 4 nitrogen and oxygen atoms in total. The van der Waals surface area contributed by atoms with Crippen molar-refractivity contribution in [1.82, 2.24) is 10.2 Å². The van der Waals surface area contributed by atoms with E-state index in [0.29, 0.717) is 0 Å². The maximum Gasteiger partial charge on any atom is 0.119 e. The number of benzene rings is 2. The van der Waals surface area contributed by atoms with Gasteiger partial charge in [0.05, 0.1) is 19.0 Å². The van der Waals surface area contributed by atoms with E-state index in [4.69, 9.17) is 4.74 Å². The average Bonchev–Trinajstić information content (AvgIpc) is 2.97. The molecule has 4 heteroatoms. The summed E-state index contributed by atoms with van der Waals surface area (Å²) >= 11 is 0. The van der Waals surface area contributed by atoms with Gasteiger partial charge >= 0.3 is 0 Å². The predicted octanol–water partition coefficient (Wildman–Crippen LogP) is 3.18. The summed E-state index contributed by atoms with van der Waals surface area (Å²) in [5.74, 6) is 0.886. The predicted molar refractivity (Wildman–Crippen MR) is 76.4 cm³/mol. The molecule has 0 spiro atoms. The zero-order valence-electron chi connectivity index (χ0n) is 10.7. The number of aromatic nitrogens is 2. The van der Waals surface area contributed by atoms with Crippen LogP contribution in [0.15, 0.2) is 48.8 Å². The van der Waals surface area contributed by atoms with E-state index in [1.54, 1.807) is 13.3 Å². The summed E-state index contributed by atoms with van der Waals surface area (Å²) < 4.78 is 5.23. The van der Waals surface area contributed by atoms with Crippen LogP contribution >= 0.6 is 0 Å². The number of anilines is 1. The lowest BCUT2D eigenvalue weighted by Gasteiger charge is -2.07. The van der Waals surface area contributed by atoms with Crippen molar-refractivity contribution >= 4 is 16.5 Å². The summed E-state index contributed by atoms with van der Waals surface area (Å²) in [6, 6.07) is 12.5. The topological polar surface area (TPSA) is 49.9 Å². The molecule has 96 valence electrons. The van der Waals surface area contributed by atoms with Gasteiger partial charge in [0.25, 0.3) is 0 Å². The lowest BCUT2D eigenvalue weighted by molar-refractivity contribution is 0.415. The van der Waals surface area contributed by atoms with Gasteiger partial charge in [-0.2, -0.15) is 5.10 Å². The van der Waals surface area contributed by atoms with Crippen molar-refractivity contribution in [3.63, 3.8) is 0 Å². The molecule has 0 aliphatic heterocycles. The summed E-state index contributed by atoms with van der Waals surface area (Å²) in [5.41, 5.74) is 2.23. The van der Waals surface area contributed by atoms with Crippen molar-refractivity contribution in [2.24, 2.45) is 0 Å². The molecule has 0 atom stereocenters. The van der Waals surface area contributed by atoms with Crippen molar-refractivity contribution in [3.8, 4) is 5.75 Å². The fourth-order valence-electron chi connectivity index (χ4n) is 2.06. The molecular formula is C15H15N3O. The fraction of sp³-hybridized carbons (Fsp3) is 0.133. The zero-order chi connectivity index (χ0) is 13.1. The molecule has 0 aliphatic carbocycles. The Morgan fingerprint density at radius 1 is 1.16 bits per heavy atom. The highest BCUT2D eigenvalue weighted by molar-refractivity contribution is 5.84. The molecule has 1 aromatic heterocycles. The minimum atomic E-state index is 0.779. The summed E-state index contributed by atoms with van der Waals surface area (Å²) in [6.45, 7) is 0.779. The monoisotopic (exact) mass is 253 g/mol. The van der Waals surface area contributed by atoms with E-state index in [2.05, 4.69) is 39.8 Å². The Bertz CT molecular complexity index is 677. The number of fused-ring (bicyclic) bond motifs is 1. The zero-order valence-corrected chi connectivity index (χ0v) is 10.7. The quantitative estimate of drug-likeness (QED) is 0.750. The normalized spacial score (nSPS) is 10.6. The van der Waals surface area contributed by atoms with Gasteiger partial charge in [-0.3, -0.25) is 5.10 Å². The third-order valence-electron chi connectivity index (χ3n) is 3.11. The fourth-order valence-corrected chi connectivity index (χ4v) is 2.06. The third-order valence-corrected chi connectivity index (χ3v) is 3.11. The smallest absolute Gasteiger partial charge is 0.119 e. The standard InChI is InChI=1S/C15H15N3O/c1-19-15-5-4-12-6-11(2-3-13(12)7-15)8-16-14-9-17-18-10-14/h2-7,9-10,16H,8H2,1H3,(H,17,18). The highest BCUT2D eigenvalue weighted by Gasteiger charge is 1.99. The minimum absolute atomic E-state index is 0.779. The highest BCUT2D eigenvalue weighted by Crippen LogP contribution is 2.22. The second kappa shape index (κ2) is 5.02. The van der Waals surface area contributed by atoms with Crippen LogP contribution in [0, 0.1) is 0 Å². The van der Waals surface area contributed by atoms with Crippen molar-refractivity contribution in [2.45, 2.75) is 6.54 Å². The van der Waals surface area contributed by atoms with Gasteiger partial charge in [-0.15, -0.1) is 0 Å². The molecule has 0 unspecified atom stereocenters. The molecular weight excluding hydrogens is 238 g/mol. The van der Waals surface area contributed by atoms with Crippen LogP contribution in [-0.4, -0.2) is 17.3 Å². The lowest BCUT2D eigenvalue weighted by Crippen LogP contribution is -1.98. The van der Waals surface area contributed by atoms with E-state index in [1.807, 2.05) is 18.3 Å². The molecule has 0 saturated heterocycles. The molecule has 0 saturated carbocycles. The van der Waals surface area contributed by atoms with Gasteiger partial charge in [-0.25, -0.2) is 0 Å². The minimum Gasteiger partial charge on any atom is -0.497 e. The molecule has 1 heterocycles. The Hall–Kier alpha value is -2.49. The molecule has 2 aromatic carbocycles. The number of rotatable bonds is 4. The Balaban J connectivity index is 1.81. The first-order valence-corrected chi connectivity index (χ1v) is 6.14.